The zero-order chi connectivity index (χ0) is 18.6. The van der Waals surface area contributed by atoms with E-state index in [4.69, 9.17) is 0 Å². The Morgan fingerprint density at radius 1 is 0.615 bits per heavy atom. The maximum atomic E-state index is 2.65. The van der Waals surface area contributed by atoms with Crippen LogP contribution in [-0.4, -0.2) is 5.80 Å². The van der Waals surface area contributed by atoms with E-state index in [2.05, 4.69) is 106 Å². The summed E-state index contributed by atoms with van der Waals surface area (Å²) in [7, 11) is 0. The first-order chi connectivity index (χ1) is 12.6. The molecule has 0 N–H and O–H groups in total. The van der Waals surface area contributed by atoms with Crippen LogP contribution in [0.3, 0.4) is 0 Å². The van der Waals surface area contributed by atoms with Gasteiger partial charge in [0.25, 0.3) is 0 Å². The molecule has 0 fully saturated rings. The normalized spacial score (nSPS) is 11.4. The van der Waals surface area contributed by atoms with Crippen molar-refractivity contribution in [2.24, 2.45) is 0 Å². The highest BCUT2D eigenvalue weighted by atomic mass is 31.2. The van der Waals surface area contributed by atoms with E-state index in [0.29, 0.717) is 0 Å². The second-order valence-electron chi connectivity index (χ2n) is 7.05. The number of hydrogen-bond donors (Lipinski definition) is 0. The maximum Gasteiger partial charge on any atom is -0.0134 e. The van der Waals surface area contributed by atoms with Crippen LogP contribution < -0.4 is 15.9 Å². The minimum atomic E-state index is -1.81. The molecule has 0 nitrogen and oxygen atoms in total. The summed E-state index contributed by atoms with van der Waals surface area (Å²) in [5.74, 6) is 2.65. The Balaban J connectivity index is 2.51. The molecule has 26 heavy (non-hydrogen) atoms. The summed E-state index contributed by atoms with van der Waals surface area (Å²) in [5, 5.41) is 4.49. The summed E-state index contributed by atoms with van der Waals surface area (Å²) in [6.07, 6.45) is 2.30. The van der Waals surface area contributed by atoms with Gasteiger partial charge in [-0.15, -0.1) is 0 Å². The van der Waals surface area contributed by atoms with E-state index in [9.17, 15) is 0 Å². The van der Waals surface area contributed by atoms with Crippen molar-refractivity contribution in [3.8, 4) is 0 Å². The number of unbranched alkanes of at least 4 members (excludes halogenated alkanes) is 1. The predicted octanol–water partition coefficient (Wildman–Crippen LogP) is 5.51. The Hall–Kier alpha value is -2.04. The average molecular weight is 360 g/mol. The molecule has 0 aromatic heterocycles. The van der Waals surface area contributed by atoms with Crippen molar-refractivity contribution >= 4 is 28.6 Å². The Labute approximate surface area is 158 Å². The van der Waals surface area contributed by atoms with E-state index in [-0.39, 0.29) is 0 Å². The van der Waals surface area contributed by atoms with E-state index in [0.717, 1.165) is 6.42 Å². The molecule has 0 bridgehead atoms. The maximum absolute atomic E-state index is 2.65. The van der Waals surface area contributed by atoms with Gasteiger partial charge in [-0.2, -0.15) is 0 Å². The van der Waals surface area contributed by atoms with Crippen molar-refractivity contribution in [2.45, 2.75) is 40.5 Å². The van der Waals surface area contributed by atoms with Gasteiger partial charge in [-0.25, -0.2) is 0 Å². The molecule has 0 radical (unpaired) electrons. The first kappa shape index (κ1) is 18.7. The van der Waals surface area contributed by atoms with Gasteiger partial charge in [0.05, 0.1) is 0 Å². The van der Waals surface area contributed by atoms with Crippen molar-refractivity contribution in [3.63, 3.8) is 0 Å². The highest BCUT2D eigenvalue weighted by Crippen LogP contribution is 2.46. The van der Waals surface area contributed by atoms with Crippen molar-refractivity contribution in [1.82, 2.24) is 0 Å². The molecule has 134 valence electrons. The molecule has 0 atom stereocenters. The topological polar surface area (TPSA) is 0 Å². The zero-order valence-electron chi connectivity index (χ0n) is 16.4. The lowest BCUT2D eigenvalue weighted by atomic mass is 10.2. The van der Waals surface area contributed by atoms with Crippen LogP contribution in [0.25, 0.3) is 0 Å². The van der Waals surface area contributed by atoms with Crippen molar-refractivity contribution in [2.75, 3.05) is 0 Å². The third-order valence-corrected chi connectivity index (χ3v) is 9.77. The molecule has 0 spiro atoms. The standard InChI is InChI=1S/C25H29P/c1-5-6-19-26(23-16-10-7-13-20(23)2,24-17-11-8-14-21(24)3)25-18-12-9-15-22(25)4/h7-19H,5-6H2,1-4H3. The molecule has 0 aliphatic heterocycles. The zero-order valence-corrected chi connectivity index (χ0v) is 17.3. The van der Waals surface area contributed by atoms with Crippen LogP contribution in [0.5, 0.6) is 0 Å². The van der Waals surface area contributed by atoms with E-state index >= 15 is 0 Å². The second-order valence-corrected chi connectivity index (χ2v) is 10.3. The highest BCUT2D eigenvalue weighted by molar-refractivity contribution is 7.94. The fourth-order valence-electron chi connectivity index (χ4n) is 3.88. The van der Waals surface area contributed by atoms with Gasteiger partial charge in [-0.05, 0) is 66.7 Å². The van der Waals surface area contributed by atoms with Gasteiger partial charge < -0.3 is 0 Å². The largest absolute Gasteiger partial charge is 0.0742 e. The van der Waals surface area contributed by atoms with Gasteiger partial charge in [0.15, 0.2) is 0 Å². The van der Waals surface area contributed by atoms with E-state index < -0.39 is 6.89 Å². The van der Waals surface area contributed by atoms with Crippen LogP contribution in [0.1, 0.15) is 36.5 Å². The lowest BCUT2D eigenvalue weighted by Gasteiger charge is -2.32. The fourth-order valence-corrected chi connectivity index (χ4v) is 8.76. The molecule has 0 unspecified atom stereocenters. The molecule has 3 aromatic carbocycles. The molecule has 0 aliphatic rings. The summed E-state index contributed by atoms with van der Waals surface area (Å²) in [6, 6.07) is 26.9. The van der Waals surface area contributed by atoms with Crippen LogP contribution in [0, 0.1) is 20.8 Å². The van der Waals surface area contributed by atoms with Crippen LogP contribution in [0.2, 0.25) is 0 Å². The second kappa shape index (κ2) is 8.11. The molecular formula is C25H29P. The number of rotatable bonds is 5. The lowest BCUT2D eigenvalue weighted by molar-refractivity contribution is 1.02. The van der Waals surface area contributed by atoms with Gasteiger partial charge in [0.2, 0.25) is 0 Å². The van der Waals surface area contributed by atoms with E-state index in [1.165, 1.54) is 39.0 Å². The fraction of sp³-hybridized carbons (Fsp3) is 0.240. The summed E-state index contributed by atoms with van der Waals surface area (Å²) < 4.78 is 0. The van der Waals surface area contributed by atoms with Crippen LogP contribution in [0.4, 0.5) is 0 Å². The molecule has 0 saturated heterocycles. The van der Waals surface area contributed by atoms with Gasteiger partial charge in [-0.1, -0.05) is 91.9 Å². The van der Waals surface area contributed by atoms with Crippen LogP contribution >= 0.6 is 6.89 Å². The first-order valence-corrected chi connectivity index (χ1v) is 11.4. The molecule has 0 heterocycles. The molecular weight excluding hydrogens is 331 g/mol. The predicted molar refractivity (Wildman–Crippen MR) is 120 cm³/mol. The monoisotopic (exact) mass is 360 g/mol. The van der Waals surface area contributed by atoms with E-state index in [1.807, 2.05) is 0 Å². The quantitative estimate of drug-likeness (QED) is 0.527. The minimum absolute atomic E-state index is 1.13. The Bertz CT molecular complexity index is 832. The summed E-state index contributed by atoms with van der Waals surface area (Å²) in [4.78, 5) is 0. The molecule has 0 amide bonds. The van der Waals surface area contributed by atoms with Crippen LogP contribution in [0.15, 0.2) is 72.8 Å². The smallest absolute Gasteiger partial charge is 0.0134 e. The molecule has 1 heteroatoms. The summed E-state index contributed by atoms with van der Waals surface area (Å²) >= 11 is 0. The van der Waals surface area contributed by atoms with Crippen LogP contribution in [-0.2, 0) is 0 Å². The van der Waals surface area contributed by atoms with E-state index in [1.54, 1.807) is 0 Å². The SMILES string of the molecule is CCCC=P(c1ccccc1C)(c1ccccc1C)c1ccccc1C. The Kier molecular flexibility index (Phi) is 5.84. The Morgan fingerprint density at radius 3 is 1.27 bits per heavy atom. The number of aryl methyl sites for hydroxylation is 3. The van der Waals surface area contributed by atoms with Gasteiger partial charge >= 0.3 is 0 Å². The number of benzene rings is 3. The first-order valence-electron chi connectivity index (χ1n) is 9.53. The number of hydrogen-bond acceptors (Lipinski definition) is 0. The minimum Gasteiger partial charge on any atom is -0.0742 e. The molecule has 0 saturated carbocycles. The van der Waals surface area contributed by atoms with Gasteiger partial charge in [-0.3, -0.25) is 0 Å². The van der Waals surface area contributed by atoms with Gasteiger partial charge in [0, 0.05) is 0 Å². The van der Waals surface area contributed by atoms with Gasteiger partial charge in [0.1, 0.15) is 0 Å². The third-order valence-electron chi connectivity index (χ3n) is 5.18. The lowest BCUT2D eigenvalue weighted by Crippen LogP contribution is -2.31. The Morgan fingerprint density at radius 2 is 0.962 bits per heavy atom. The summed E-state index contributed by atoms with van der Waals surface area (Å²) in [6.45, 7) is 7.26. The molecule has 0 aliphatic carbocycles. The third kappa shape index (κ3) is 3.31. The molecule has 3 rings (SSSR count). The highest BCUT2D eigenvalue weighted by Gasteiger charge is 2.28. The molecule has 3 aromatic rings. The van der Waals surface area contributed by atoms with Crippen molar-refractivity contribution < 1.29 is 0 Å². The summed E-state index contributed by atoms with van der Waals surface area (Å²) in [5.41, 5.74) is 4.17. The van der Waals surface area contributed by atoms with Crippen molar-refractivity contribution in [3.05, 3.63) is 89.5 Å². The average Bonchev–Trinajstić information content (AvgIpc) is 2.65. The van der Waals surface area contributed by atoms with Crippen molar-refractivity contribution in [1.29, 1.82) is 0 Å².